The van der Waals surface area contributed by atoms with Gasteiger partial charge in [0.25, 0.3) is 6.43 Å². The second kappa shape index (κ2) is 6.26. The van der Waals surface area contributed by atoms with Crippen LogP contribution in [-0.2, 0) is 9.47 Å². The maximum absolute atomic E-state index is 13.1. The van der Waals surface area contributed by atoms with E-state index in [1.54, 1.807) is 0 Å². The first-order valence-electron chi connectivity index (χ1n) is 6.90. The topological polar surface area (TPSA) is 30.5 Å². The monoisotopic (exact) mass is 263 g/mol. The maximum atomic E-state index is 13.1. The van der Waals surface area contributed by atoms with Gasteiger partial charge in [0.1, 0.15) is 0 Å². The summed E-state index contributed by atoms with van der Waals surface area (Å²) >= 11 is 0. The lowest BCUT2D eigenvalue weighted by atomic mass is 9.81. The number of alkyl halides is 2. The molecular weight excluding hydrogens is 240 g/mol. The Morgan fingerprint density at radius 1 is 1.39 bits per heavy atom. The predicted molar refractivity (Wildman–Crippen MR) is 64.9 cm³/mol. The zero-order chi connectivity index (χ0) is 13.0. The van der Waals surface area contributed by atoms with Crippen LogP contribution in [0.15, 0.2) is 0 Å². The van der Waals surface area contributed by atoms with Gasteiger partial charge in [-0.1, -0.05) is 6.92 Å². The van der Waals surface area contributed by atoms with Crippen LogP contribution >= 0.6 is 0 Å². The molecule has 106 valence electrons. The van der Waals surface area contributed by atoms with Crippen LogP contribution in [0.5, 0.6) is 0 Å². The Labute approximate surface area is 107 Å². The van der Waals surface area contributed by atoms with Crippen molar-refractivity contribution < 1.29 is 18.3 Å². The average molecular weight is 263 g/mol. The first-order valence-corrected chi connectivity index (χ1v) is 6.90. The highest BCUT2D eigenvalue weighted by atomic mass is 19.3. The van der Waals surface area contributed by atoms with Gasteiger partial charge < -0.3 is 14.8 Å². The Balaban J connectivity index is 1.96. The Hall–Kier alpha value is -0.260. The molecule has 0 aromatic carbocycles. The smallest absolute Gasteiger partial charge is 0.253 e. The van der Waals surface area contributed by atoms with E-state index in [4.69, 9.17) is 9.47 Å². The van der Waals surface area contributed by atoms with Crippen molar-refractivity contribution in [2.45, 2.75) is 50.7 Å². The van der Waals surface area contributed by atoms with Gasteiger partial charge in [-0.15, -0.1) is 0 Å². The standard InChI is InChI=1S/C13H23F2NO2/c1-2-5-16-11(12(14)15)10-3-6-18-13(8-10)4-7-17-9-13/h10-12,16H,2-9H2,1H3. The number of rotatable bonds is 5. The highest BCUT2D eigenvalue weighted by Gasteiger charge is 2.44. The van der Waals surface area contributed by atoms with E-state index < -0.39 is 12.5 Å². The fourth-order valence-corrected chi connectivity index (χ4v) is 3.01. The van der Waals surface area contributed by atoms with E-state index in [0.29, 0.717) is 39.2 Å². The molecule has 3 nitrogen and oxygen atoms in total. The zero-order valence-electron chi connectivity index (χ0n) is 11.0. The summed E-state index contributed by atoms with van der Waals surface area (Å²) in [7, 11) is 0. The minimum atomic E-state index is -2.31. The van der Waals surface area contributed by atoms with Crippen molar-refractivity contribution in [1.29, 1.82) is 0 Å². The molecule has 2 aliphatic rings. The molecule has 0 aliphatic carbocycles. The molecule has 5 heteroatoms. The SMILES string of the molecule is CCCNC(C(F)F)C1CCOC2(CCOC2)C1. The predicted octanol–water partition coefficient (Wildman–Crippen LogP) is 2.21. The molecule has 0 aromatic rings. The highest BCUT2D eigenvalue weighted by molar-refractivity contribution is 4.94. The van der Waals surface area contributed by atoms with Crippen molar-refractivity contribution in [1.82, 2.24) is 5.32 Å². The lowest BCUT2D eigenvalue weighted by Gasteiger charge is -2.40. The summed E-state index contributed by atoms with van der Waals surface area (Å²) in [6, 6.07) is -0.702. The third kappa shape index (κ3) is 3.19. The van der Waals surface area contributed by atoms with Crippen molar-refractivity contribution in [2.24, 2.45) is 5.92 Å². The first-order chi connectivity index (χ1) is 8.67. The fourth-order valence-electron chi connectivity index (χ4n) is 3.01. The highest BCUT2D eigenvalue weighted by Crippen LogP contribution is 2.38. The van der Waals surface area contributed by atoms with E-state index in [-0.39, 0.29) is 11.5 Å². The molecule has 3 unspecified atom stereocenters. The summed E-state index contributed by atoms with van der Waals surface area (Å²) in [4.78, 5) is 0. The Kier molecular flexibility index (Phi) is 4.92. The van der Waals surface area contributed by atoms with E-state index in [1.165, 1.54) is 0 Å². The Morgan fingerprint density at radius 3 is 2.83 bits per heavy atom. The quantitative estimate of drug-likeness (QED) is 0.825. The second-order valence-electron chi connectivity index (χ2n) is 5.40. The van der Waals surface area contributed by atoms with Crippen LogP contribution in [0.1, 0.15) is 32.6 Å². The molecule has 2 heterocycles. The molecule has 2 fully saturated rings. The summed E-state index contributed by atoms with van der Waals surface area (Å²) in [5.41, 5.74) is -0.288. The van der Waals surface area contributed by atoms with Gasteiger partial charge >= 0.3 is 0 Å². The van der Waals surface area contributed by atoms with Crippen LogP contribution in [0.25, 0.3) is 0 Å². The molecule has 0 radical (unpaired) electrons. The molecule has 18 heavy (non-hydrogen) atoms. The molecule has 2 saturated heterocycles. The van der Waals surface area contributed by atoms with Crippen LogP contribution < -0.4 is 5.32 Å². The third-order valence-corrected chi connectivity index (χ3v) is 4.01. The summed E-state index contributed by atoms with van der Waals surface area (Å²) < 4.78 is 37.5. The summed E-state index contributed by atoms with van der Waals surface area (Å²) in [5, 5.41) is 3.00. The van der Waals surface area contributed by atoms with E-state index in [2.05, 4.69) is 5.32 Å². The van der Waals surface area contributed by atoms with Crippen LogP contribution in [0.2, 0.25) is 0 Å². The molecule has 0 bridgehead atoms. The van der Waals surface area contributed by atoms with Crippen molar-refractivity contribution in [3.8, 4) is 0 Å². The summed E-state index contributed by atoms with van der Waals surface area (Å²) in [6.07, 6.45) is 0.819. The zero-order valence-corrected chi connectivity index (χ0v) is 11.0. The van der Waals surface area contributed by atoms with Crippen molar-refractivity contribution >= 4 is 0 Å². The number of hydrogen-bond donors (Lipinski definition) is 1. The van der Waals surface area contributed by atoms with Gasteiger partial charge in [-0.3, -0.25) is 0 Å². The third-order valence-electron chi connectivity index (χ3n) is 4.01. The molecule has 1 spiro atoms. The summed E-state index contributed by atoms with van der Waals surface area (Å²) in [6.45, 7) is 4.47. The van der Waals surface area contributed by atoms with Crippen molar-refractivity contribution in [3.05, 3.63) is 0 Å². The summed E-state index contributed by atoms with van der Waals surface area (Å²) in [5.74, 6) is -0.00741. The van der Waals surface area contributed by atoms with Crippen LogP contribution in [0.4, 0.5) is 8.78 Å². The van der Waals surface area contributed by atoms with Crippen molar-refractivity contribution in [3.63, 3.8) is 0 Å². The molecule has 1 N–H and O–H groups in total. The molecule has 3 atom stereocenters. The van der Waals surface area contributed by atoms with Crippen molar-refractivity contribution in [2.75, 3.05) is 26.4 Å². The minimum absolute atomic E-state index is 0.00741. The Bertz CT molecular complexity index is 257. The number of hydrogen-bond acceptors (Lipinski definition) is 3. The van der Waals surface area contributed by atoms with Gasteiger partial charge in [0, 0.05) is 19.6 Å². The fraction of sp³-hybridized carbons (Fsp3) is 1.00. The molecule has 2 rings (SSSR count). The molecule has 0 amide bonds. The molecule has 0 aromatic heterocycles. The normalized spacial score (nSPS) is 34.3. The van der Waals surface area contributed by atoms with E-state index in [1.807, 2.05) is 6.92 Å². The number of ether oxygens (including phenoxy) is 2. The van der Waals surface area contributed by atoms with Gasteiger partial charge in [0.2, 0.25) is 0 Å². The largest absolute Gasteiger partial charge is 0.378 e. The van der Waals surface area contributed by atoms with Crippen LogP contribution in [-0.4, -0.2) is 44.4 Å². The Morgan fingerprint density at radius 2 is 2.22 bits per heavy atom. The first kappa shape index (κ1) is 14.2. The number of nitrogens with one attached hydrogen (secondary N) is 1. The maximum Gasteiger partial charge on any atom is 0.253 e. The van der Waals surface area contributed by atoms with Gasteiger partial charge in [0.15, 0.2) is 0 Å². The van der Waals surface area contributed by atoms with Gasteiger partial charge in [-0.2, -0.15) is 0 Å². The molecule has 2 aliphatic heterocycles. The minimum Gasteiger partial charge on any atom is -0.378 e. The van der Waals surface area contributed by atoms with Gasteiger partial charge in [-0.25, -0.2) is 8.78 Å². The van der Waals surface area contributed by atoms with Gasteiger partial charge in [0.05, 0.1) is 18.2 Å². The van der Waals surface area contributed by atoms with E-state index >= 15 is 0 Å². The lowest BCUT2D eigenvalue weighted by molar-refractivity contribution is -0.111. The molecule has 0 saturated carbocycles. The second-order valence-corrected chi connectivity index (χ2v) is 5.40. The lowest BCUT2D eigenvalue weighted by Crippen LogP contribution is -2.50. The van der Waals surface area contributed by atoms with Gasteiger partial charge in [-0.05, 0) is 31.7 Å². The number of halogens is 2. The van der Waals surface area contributed by atoms with E-state index in [0.717, 1.165) is 12.8 Å². The van der Waals surface area contributed by atoms with Crippen LogP contribution in [0, 0.1) is 5.92 Å². The molecular formula is C13H23F2NO2. The van der Waals surface area contributed by atoms with E-state index in [9.17, 15) is 8.78 Å². The van der Waals surface area contributed by atoms with Crippen LogP contribution in [0.3, 0.4) is 0 Å². The average Bonchev–Trinajstić information content (AvgIpc) is 2.77.